The highest BCUT2D eigenvalue weighted by Crippen LogP contribution is 2.39. The van der Waals surface area contributed by atoms with E-state index in [9.17, 15) is 9.59 Å². The van der Waals surface area contributed by atoms with Crippen LogP contribution in [-0.2, 0) is 11.2 Å². The Kier molecular flexibility index (Phi) is 5.93. The molecule has 1 atom stereocenters. The Morgan fingerprint density at radius 1 is 1.14 bits per heavy atom. The summed E-state index contributed by atoms with van der Waals surface area (Å²) in [5.41, 5.74) is 2.43. The molecule has 2 amide bonds. The number of amides is 2. The molecular formula is C19H19N5O2S3. The van der Waals surface area contributed by atoms with Crippen molar-refractivity contribution in [3.05, 3.63) is 46.0 Å². The lowest BCUT2D eigenvalue weighted by atomic mass is 10.1. The number of hydrogen-bond donors (Lipinski definition) is 2. The standard InChI is InChI=1S/C19H19N5O2S3/c1-3-27-19-24-23-18(29-19)22-16(26)12-8-9-13-14(12)20-17(28-13)21-15(25)11-6-4-10(2)5-7-11/h4-7,12H,3,8-9H2,1-2H3,(H,20,21,25)(H,22,23,26). The van der Waals surface area contributed by atoms with Crippen LogP contribution in [0.25, 0.3) is 0 Å². The van der Waals surface area contributed by atoms with Gasteiger partial charge in [-0.1, -0.05) is 47.7 Å². The molecule has 0 saturated heterocycles. The molecule has 0 fully saturated rings. The van der Waals surface area contributed by atoms with Crippen molar-refractivity contribution in [3.63, 3.8) is 0 Å². The average molecular weight is 446 g/mol. The first-order valence-corrected chi connectivity index (χ1v) is 11.8. The van der Waals surface area contributed by atoms with Crippen molar-refractivity contribution in [1.82, 2.24) is 15.2 Å². The first-order valence-electron chi connectivity index (χ1n) is 9.18. The minimum atomic E-state index is -0.336. The van der Waals surface area contributed by atoms with Crippen LogP contribution in [0.1, 0.15) is 45.8 Å². The van der Waals surface area contributed by atoms with Crippen LogP contribution >= 0.6 is 34.4 Å². The zero-order valence-corrected chi connectivity index (χ0v) is 18.3. The number of aryl methyl sites for hydroxylation is 2. The van der Waals surface area contributed by atoms with Gasteiger partial charge in [-0.2, -0.15) is 0 Å². The third-order valence-electron chi connectivity index (χ3n) is 4.47. The number of fused-ring (bicyclic) bond motifs is 1. The second-order valence-electron chi connectivity index (χ2n) is 6.53. The second-order valence-corrected chi connectivity index (χ2v) is 10.1. The van der Waals surface area contributed by atoms with Crippen LogP contribution in [0.15, 0.2) is 28.6 Å². The second kappa shape index (κ2) is 8.60. The van der Waals surface area contributed by atoms with Crippen LogP contribution in [0.5, 0.6) is 0 Å². The van der Waals surface area contributed by atoms with E-state index < -0.39 is 0 Å². The molecule has 0 radical (unpaired) electrons. The van der Waals surface area contributed by atoms with E-state index in [1.807, 2.05) is 26.0 Å². The van der Waals surface area contributed by atoms with Gasteiger partial charge in [0.1, 0.15) is 0 Å². The largest absolute Gasteiger partial charge is 0.300 e. The summed E-state index contributed by atoms with van der Waals surface area (Å²) in [6, 6.07) is 7.37. The van der Waals surface area contributed by atoms with Gasteiger partial charge >= 0.3 is 0 Å². The number of anilines is 2. The highest BCUT2D eigenvalue weighted by atomic mass is 32.2. The third kappa shape index (κ3) is 4.49. The highest BCUT2D eigenvalue weighted by Gasteiger charge is 2.33. The number of rotatable bonds is 6. The number of aromatic nitrogens is 3. The molecule has 1 unspecified atom stereocenters. The van der Waals surface area contributed by atoms with Crippen LogP contribution in [0.3, 0.4) is 0 Å². The molecule has 3 aromatic rings. The monoisotopic (exact) mass is 445 g/mol. The van der Waals surface area contributed by atoms with E-state index in [0.717, 1.165) is 32.6 Å². The molecule has 7 nitrogen and oxygen atoms in total. The summed E-state index contributed by atoms with van der Waals surface area (Å²) in [4.78, 5) is 30.7. The molecule has 0 spiro atoms. The Labute approximate surface area is 180 Å². The number of carbonyl (C=O) groups is 2. The first kappa shape index (κ1) is 20.0. The van der Waals surface area contributed by atoms with Crippen LogP contribution in [0, 0.1) is 6.92 Å². The van der Waals surface area contributed by atoms with Crippen molar-refractivity contribution in [2.24, 2.45) is 0 Å². The SMILES string of the molecule is CCSc1nnc(NC(=O)C2CCc3sc(NC(=O)c4ccc(C)cc4)nc32)s1. The van der Waals surface area contributed by atoms with E-state index in [-0.39, 0.29) is 17.7 Å². The lowest BCUT2D eigenvalue weighted by Crippen LogP contribution is -2.20. The van der Waals surface area contributed by atoms with Crippen molar-refractivity contribution in [2.45, 2.75) is 36.9 Å². The summed E-state index contributed by atoms with van der Waals surface area (Å²) in [6.45, 7) is 4.02. The van der Waals surface area contributed by atoms with E-state index in [1.54, 1.807) is 23.9 Å². The van der Waals surface area contributed by atoms with Gasteiger partial charge in [-0.15, -0.1) is 21.5 Å². The molecule has 4 rings (SSSR count). The Bertz CT molecular complexity index is 1040. The summed E-state index contributed by atoms with van der Waals surface area (Å²) in [7, 11) is 0. The Balaban J connectivity index is 1.43. The van der Waals surface area contributed by atoms with E-state index in [4.69, 9.17) is 0 Å². The molecule has 1 aliphatic rings. The van der Waals surface area contributed by atoms with Gasteiger partial charge in [0.25, 0.3) is 5.91 Å². The van der Waals surface area contributed by atoms with Gasteiger partial charge in [-0.3, -0.25) is 20.2 Å². The zero-order chi connectivity index (χ0) is 20.4. The van der Waals surface area contributed by atoms with E-state index in [2.05, 4.69) is 25.8 Å². The predicted molar refractivity (Wildman–Crippen MR) is 117 cm³/mol. The Morgan fingerprint density at radius 3 is 2.69 bits per heavy atom. The topological polar surface area (TPSA) is 96.9 Å². The van der Waals surface area contributed by atoms with Crippen LogP contribution < -0.4 is 10.6 Å². The predicted octanol–water partition coefficient (Wildman–Crippen LogP) is 4.34. The molecule has 10 heteroatoms. The zero-order valence-electron chi connectivity index (χ0n) is 15.9. The lowest BCUT2D eigenvalue weighted by molar-refractivity contribution is -0.117. The van der Waals surface area contributed by atoms with E-state index >= 15 is 0 Å². The summed E-state index contributed by atoms with van der Waals surface area (Å²) in [6.07, 6.45) is 1.49. The molecule has 2 aromatic heterocycles. The summed E-state index contributed by atoms with van der Waals surface area (Å²) in [5, 5.41) is 14.8. The van der Waals surface area contributed by atoms with Crippen molar-refractivity contribution < 1.29 is 9.59 Å². The number of nitrogens with one attached hydrogen (secondary N) is 2. The van der Waals surface area contributed by atoms with Gasteiger partial charge in [0.15, 0.2) is 9.47 Å². The van der Waals surface area contributed by atoms with Crippen LogP contribution in [-0.4, -0.2) is 32.7 Å². The molecule has 2 N–H and O–H groups in total. The minimum Gasteiger partial charge on any atom is -0.300 e. The summed E-state index contributed by atoms with van der Waals surface area (Å²) >= 11 is 4.40. The van der Waals surface area contributed by atoms with Crippen LogP contribution in [0.2, 0.25) is 0 Å². The van der Waals surface area contributed by atoms with Crippen molar-refractivity contribution in [3.8, 4) is 0 Å². The molecule has 29 heavy (non-hydrogen) atoms. The number of benzene rings is 1. The minimum absolute atomic E-state index is 0.130. The Hall–Kier alpha value is -2.30. The molecular weight excluding hydrogens is 426 g/mol. The van der Waals surface area contributed by atoms with Gasteiger partial charge in [-0.05, 0) is 37.7 Å². The molecule has 0 aliphatic heterocycles. The van der Waals surface area contributed by atoms with Crippen molar-refractivity contribution >= 4 is 56.5 Å². The van der Waals surface area contributed by atoms with Gasteiger partial charge in [0.05, 0.1) is 11.6 Å². The lowest BCUT2D eigenvalue weighted by Gasteiger charge is -2.08. The summed E-state index contributed by atoms with van der Waals surface area (Å²) in [5.74, 6) is 0.241. The number of carbonyl (C=O) groups excluding carboxylic acids is 2. The molecule has 1 aromatic carbocycles. The fraction of sp³-hybridized carbons (Fsp3) is 0.316. The molecule has 150 valence electrons. The number of thiazole rings is 1. The molecule has 0 saturated carbocycles. The molecule has 1 aliphatic carbocycles. The third-order valence-corrected chi connectivity index (χ3v) is 7.37. The van der Waals surface area contributed by atoms with Crippen molar-refractivity contribution in [1.29, 1.82) is 0 Å². The average Bonchev–Trinajstić information content (AvgIpc) is 3.38. The molecule has 2 heterocycles. The first-order chi connectivity index (χ1) is 14.0. The Morgan fingerprint density at radius 2 is 1.93 bits per heavy atom. The van der Waals surface area contributed by atoms with Gasteiger partial charge in [0, 0.05) is 10.4 Å². The number of thioether (sulfide) groups is 1. The maximum Gasteiger partial charge on any atom is 0.257 e. The fourth-order valence-corrected chi connectivity index (χ4v) is 5.73. The van der Waals surface area contributed by atoms with Gasteiger partial charge < -0.3 is 0 Å². The number of nitrogens with zero attached hydrogens (tertiary/aromatic N) is 3. The van der Waals surface area contributed by atoms with E-state index in [1.165, 1.54) is 22.7 Å². The quantitative estimate of drug-likeness (QED) is 0.433. The van der Waals surface area contributed by atoms with Gasteiger partial charge in [-0.25, -0.2) is 4.98 Å². The maximum atomic E-state index is 12.7. The normalized spacial score (nSPS) is 15.2. The smallest absolute Gasteiger partial charge is 0.257 e. The summed E-state index contributed by atoms with van der Waals surface area (Å²) < 4.78 is 0.838. The maximum absolute atomic E-state index is 12.7. The van der Waals surface area contributed by atoms with Gasteiger partial charge in [0.2, 0.25) is 11.0 Å². The fourth-order valence-electron chi connectivity index (χ4n) is 3.04. The van der Waals surface area contributed by atoms with Crippen molar-refractivity contribution in [2.75, 3.05) is 16.4 Å². The number of hydrogen-bond acceptors (Lipinski definition) is 8. The van der Waals surface area contributed by atoms with E-state index in [0.29, 0.717) is 22.2 Å². The highest BCUT2D eigenvalue weighted by molar-refractivity contribution is 8.01. The molecule has 0 bridgehead atoms. The van der Waals surface area contributed by atoms with Crippen LogP contribution in [0.4, 0.5) is 10.3 Å².